The number of piperazine rings is 1. The van der Waals surface area contributed by atoms with Crippen LogP contribution in [-0.2, 0) is 0 Å². The van der Waals surface area contributed by atoms with Gasteiger partial charge in [0.25, 0.3) is 0 Å². The number of nitrogens with one attached hydrogen (secondary N) is 1. The number of hydrogen-bond donors (Lipinski definition) is 2. The van der Waals surface area contributed by atoms with Crippen molar-refractivity contribution in [2.45, 2.75) is 0 Å². The molecule has 0 amide bonds. The van der Waals surface area contributed by atoms with Crippen LogP contribution in [0.5, 0.6) is 0 Å². The predicted octanol–water partition coefficient (Wildman–Crippen LogP) is 2.16. The highest BCUT2D eigenvalue weighted by atomic mass is 32.1. The zero-order valence-electron chi connectivity index (χ0n) is 13.4. The quantitative estimate of drug-likeness (QED) is 0.755. The van der Waals surface area contributed by atoms with Gasteiger partial charge in [0.1, 0.15) is 12.0 Å². The molecule has 0 bridgehead atoms. The molecule has 1 fully saturated rings. The number of rotatable bonds is 3. The van der Waals surface area contributed by atoms with Gasteiger partial charge in [-0.2, -0.15) is 0 Å². The minimum absolute atomic E-state index is 0.571. The molecule has 2 aromatic heterocycles. The largest absolute Gasteiger partial charge is 0.393 e. The van der Waals surface area contributed by atoms with Gasteiger partial charge in [-0.25, -0.2) is 15.0 Å². The molecule has 4 rings (SSSR count). The first-order valence-corrected chi connectivity index (χ1v) is 8.69. The highest BCUT2D eigenvalue weighted by Crippen LogP contribution is 2.32. The van der Waals surface area contributed by atoms with Crippen molar-refractivity contribution in [2.24, 2.45) is 0 Å². The smallest absolute Gasteiger partial charge is 0.189 e. The number of para-hydroxylation sites is 1. The molecule has 0 atom stereocenters. The summed E-state index contributed by atoms with van der Waals surface area (Å²) in [7, 11) is 2.13. The number of likely N-dealkylation sites (N-methyl/N-ethyl adjacent to an activating group) is 1. The van der Waals surface area contributed by atoms with Gasteiger partial charge in [-0.15, -0.1) is 0 Å². The fraction of sp³-hybridized carbons (Fsp3) is 0.312. The number of anilines is 4. The van der Waals surface area contributed by atoms with Gasteiger partial charge in [-0.05, 0) is 19.2 Å². The van der Waals surface area contributed by atoms with Gasteiger partial charge in [0, 0.05) is 26.2 Å². The summed E-state index contributed by atoms with van der Waals surface area (Å²) >= 11 is 1.58. The van der Waals surface area contributed by atoms with Crippen LogP contribution >= 0.6 is 11.3 Å². The molecule has 0 aliphatic carbocycles. The number of nitrogens with two attached hydrogens (primary N) is 1. The van der Waals surface area contributed by atoms with Crippen molar-refractivity contribution in [3.8, 4) is 0 Å². The first-order chi connectivity index (χ1) is 11.7. The molecule has 3 aromatic rings. The summed E-state index contributed by atoms with van der Waals surface area (Å²) in [5.41, 5.74) is 7.87. The maximum atomic E-state index is 6.32. The first kappa shape index (κ1) is 15.1. The standard InChI is InChI=1S/C16H19N7S/c1-22-6-8-23(9-7-22)15-13(17)14(18-10-19-15)21-16-20-11-4-2-3-5-12(11)24-16/h2-5,10H,6-9,17H2,1H3,(H,18,19,20,21). The molecule has 0 saturated carbocycles. The summed E-state index contributed by atoms with van der Waals surface area (Å²) < 4.78 is 1.13. The van der Waals surface area contributed by atoms with Crippen LogP contribution in [0.1, 0.15) is 0 Å². The second-order valence-electron chi connectivity index (χ2n) is 5.86. The molecule has 1 aliphatic heterocycles. The Morgan fingerprint density at radius 1 is 1.12 bits per heavy atom. The molecular weight excluding hydrogens is 322 g/mol. The van der Waals surface area contributed by atoms with Crippen molar-refractivity contribution in [1.29, 1.82) is 0 Å². The topological polar surface area (TPSA) is 83.2 Å². The Balaban J connectivity index is 1.60. The van der Waals surface area contributed by atoms with Crippen molar-refractivity contribution in [3.05, 3.63) is 30.6 Å². The Morgan fingerprint density at radius 2 is 1.92 bits per heavy atom. The van der Waals surface area contributed by atoms with Crippen molar-refractivity contribution in [1.82, 2.24) is 19.9 Å². The first-order valence-electron chi connectivity index (χ1n) is 7.87. The third-order valence-corrected chi connectivity index (χ3v) is 5.14. The van der Waals surface area contributed by atoms with Gasteiger partial charge in [0.2, 0.25) is 0 Å². The van der Waals surface area contributed by atoms with Crippen molar-refractivity contribution in [3.63, 3.8) is 0 Å². The van der Waals surface area contributed by atoms with Crippen molar-refractivity contribution >= 4 is 44.0 Å². The Hall–Kier alpha value is -2.45. The van der Waals surface area contributed by atoms with Crippen LogP contribution in [0.25, 0.3) is 10.2 Å². The molecule has 7 nitrogen and oxygen atoms in total. The van der Waals surface area contributed by atoms with E-state index >= 15 is 0 Å². The molecule has 0 spiro atoms. The molecule has 8 heteroatoms. The average molecular weight is 341 g/mol. The summed E-state index contributed by atoms with van der Waals surface area (Å²) in [4.78, 5) is 17.8. The number of benzene rings is 1. The maximum Gasteiger partial charge on any atom is 0.189 e. The molecule has 1 saturated heterocycles. The lowest BCUT2D eigenvalue weighted by atomic mass is 10.3. The van der Waals surface area contributed by atoms with E-state index in [-0.39, 0.29) is 0 Å². The number of thiazole rings is 1. The second kappa shape index (κ2) is 6.21. The minimum atomic E-state index is 0.571. The number of hydrogen-bond acceptors (Lipinski definition) is 8. The zero-order valence-corrected chi connectivity index (χ0v) is 14.3. The van der Waals surface area contributed by atoms with E-state index in [1.165, 1.54) is 0 Å². The van der Waals surface area contributed by atoms with Gasteiger partial charge >= 0.3 is 0 Å². The average Bonchev–Trinajstić information content (AvgIpc) is 3.00. The number of nitrogen functional groups attached to an aromatic ring is 1. The van der Waals surface area contributed by atoms with E-state index in [2.05, 4.69) is 43.2 Å². The fourth-order valence-electron chi connectivity index (χ4n) is 2.78. The summed E-state index contributed by atoms with van der Waals surface area (Å²) in [5, 5.41) is 4.03. The summed E-state index contributed by atoms with van der Waals surface area (Å²) in [5.74, 6) is 1.40. The van der Waals surface area contributed by atoms with Crippen LogP contribution < -0.4 is 16.0 Å². The Morgan fingerprint density at radius 3 is 2.71 bits per heavy atom. The molecule has 0 radical (unpaired) electrons. The van der Waals surface area contributed by atoms with E-state index in [0.29, 0.717) is 11.5 Å². The molecule has 1 aliphatic rings. The molecule has 3 N–H and O–H groups in total. The predicted molar refractivity (Wildman–Crippen MR) is 99.1 cm³/mol. The van der Waals surface area contributed by atoms with Crippen LogP contribution in [0, 0.1) is 0 Å². The Bertz CT molecular complexity index is 822. The third-order valence-electron chi connectivity index (χ3n) is 4.18. The highest BCUT2D eigenvalue weighted by Gasteiger charge is 2.19. The van der Waals surface area contributed by atoms with E-state index in [1.54, 1.807) is 17.7 Å². The zero-order chi connectivity index (χ0) is 16.5. The third kappa shape index (κ3) is 2.85. The monoisotopic (exact) mass is 341 g/mol. The molecular formula is C16H19N7S. The van der Waals surface area contributed by atoms with Gasteiger partial charge in [-0.3, -0.25) is 0 Å². The summed E-state index contributed by atoms with van der Waals surface area (Å²) in [6, 6.07) is 8.04. The van der Waals surface area contributed by atoms with Crippen molar-refractivity contribution < 1.29 is 0 Å². The van der Waals surface area contributed by atoms with Crippen LogP contribution in [0.2, 0.25) is 0 Å². The van der Waals surface area contributed by atoms with E-state index < -0.39 is 0 Å². The van der Waals surface area contributed by atoms with Crippen LogP contribution in [0.4, 0.5) is 22.5 Å². The molecule has 124 valence electrons. The van der Waals surface area contributed by atoms with Gasteiger partial charge in [-0.1, -0.05) is 23.5 Å². The van der Waals surface area contributed by atoms with Crippen LogP contribution in [0.3, 0.4) is 0 Å². The SMILES string of the molecule is CN1CCN(c2ncnc(Nc3nc4ccccc4s3)c2N)CC1. The lowest BCUT2D eigenvalue weighted by molar-refractivity contribution is 0.312. The van der Waals surface area contributed by atoms with E-state index in [9.17, 15) is 0 Å². The van der Waals surface area contributed by atoms with Crippen LogP contribution in [-0.4, -0.2) is 53.1 Å². The lowest BCUT2D eigenvalue weighted by Gasteiger charge is -2.33. The van der Waals surface area contributed by atoms with Gasteiger partial charge < -0.3 is 20.9 Å². The highest BCUT2D eigenvalue weighted by molar-refractivity contribution is 7.22. The van der Waals surface area contributed by atoms with Gasteiger partial charge in [0.05, 0.1) is 10.2 Å². The Kier molecular flexibility index (Phi) is 3.91. The molecule has 0 unspecified atom stereocenters. The lowest BCUT2D eigenvalue weighted by Crippen LogP contribution is -2.45. The van der Waals surface area contributed by atoms with E-state index in [0.717, 1.165) is 47.3 Å². The number of fused-ring (bicyclic) bond motifs is 1. The summed E-state index contributed by atoms with van der Waals surface area (Å²) in [6.07, 6.45) is 1.56. The normalized spacial score (nSPS) is 15.8. The minimum Gasteiger partial charge on any atom is -0.393 e. The maximum absolute atomic E-state index is 6.32. The Labute approximate surface area is 144 Å². The summed E-state index contributed by atoms with van der Waals surface area (Å²) in [6.45, 7) is 3.84. The number of aromatic nitrogens is 3. The van der Waals surface area contributed by atoms with Crippen molar-refractivity contribution in [2.75, 3.05) is 49.2 Å². The number of nitrogens with zero attached hydrogens (tertiary/aromatic N) is 5. The molecule has 3 heterocycles. The van der Waals surface area contributed by atoms with E-state index in [4.69, 9.17) is 5.73 Å². The van der Waals surface area contributed by atoms with Gasteiger partial charge in [0.15, 0.2) is 16.8 Å². The molecule has 24 heavy (non-hydrogen) atoms. The second-order valence-corrected chi connectivity index (χ2v) is 6.89. The molecule has 1 aromatic carbocycles. The van der Waals surface area contributed by atoms with E-state index in [1.807, 2.05) is 18.2 Å². The van der Waals surface area contributed by atoms with Crippen LogP contribution in [0.15, 0.2) is 30.6 Å². The fourth-order valence-corrected chi connectivity index (χ4v) is 3.65.